The Morgan fingerprint density at radius 3 is 2.63 bits per heavy atom. The van der Waals surface area contributed by atoms with Crippen LogP contribution in [0.15, 0.2) is 24.4 Å². The van der Waals surface area contributed by atoms with Crippen molar-refractivity contribution in [2.45, 2.75) is 25.6 Å². The van der Waals surface area contributed by atoms with Crippen molar-refractivity contribution >= 4 is 11.3 Å². The Bertz CT molecular complexity index is 590. The molecular weight excluding hydrogens is 275 g/mol. The van der Waals surface area contributed by atoms with Gasteiger partial charge in [0.1, 0.15) is 5.01 Å². The topological polar surface area (TPSA) is 33.1 Å². The molecule has 2 aromatic rings. The molecule has 0 aliphatic carbocycles. The zero-order valence-corrected chi connectivity index (χ0v) is 11.1. The van der Waals surface area contributed by atoms with E-state index in [0.29, 0.717) is 11.8 Å². The molecule has 0 amide bonds. The molecule has 0 saturated heterocycles. The van der Waals surface area contributed by atoms with Crippen molar-refractivity contribution < 1.29 is 18.3 Å². The molecule has 101 valence electrons. The van der Waals surface area contributed by atoms with E-state index in [9.17, 15) is 18.3 Å². The Balaban J connectivity index is 2.40. The molecule has 2 rings (SSSR count). The minimum atomic E-state index is -4.75. The smallest absolute Gasteiger partial charge is 0.375 e. The summed E-state index contributed by atoms with van der Waals surface area (Å²) in [7, 11) is 0. The lowest BCUT2D eigenvalue weighted by Crippen LogP contribution is -2.39. The second-order valence-corrected chi connectivity index (χ2v) is 5.39. The van der Waals surface area contributed by atoms with E-state index >= 15 is 0 Å². The first-order valence-electron chi connectivity index (χ1n) is 5.46. The largest absolute Gasteiger partial charge is 0.423 e. The highest BCUT2D eigenvalue weighted by Crippen LogP contribution is 2.41. The maximum Gasteiger partial charge on any atom is 0.423 e. The highest BCUT2D eigenvalue weighted by molar-refractivity contribution is 7.15. The van der Waals surface area contributed by atoms with E-state index in [1.807, 2.05) is 6.92 Å². The summed E-state index contributed by atoms with van der Waals surface area (Å²) in [5, 5.41) is 9.19. The van der Waals surface area contributed by atoms with Crippen LogP contribution in [0.2, 0.25) is 0 Å². The molecule has 0 fully saturated rings. The number of aliphatic hydroxyl groups is 1. The predicted molar refractivity (Wildman–Crippen MR) is 66.7 cm³/mol. The molecule has 0 aliphatic heterocycles. The molecule has 0 spiro atoms. The summed E-state index contributed by atoms with van der Waals surface area (Å²) in [4.78, 5) is 4.28. The number of thiazole rings is 1. The maximum absolute atomic E-state index is 12.7. The lowest BCUT2D eigenvalue weighted by atomic mass is 10.1. The number of rotatable bonds is 2. The Morgan fingerprint density at radius 2 is 2.05 bits per heavy atom. The summed E-state index contributed by atoms with van der Waals surface area (Å²) < 4.78 is 38.1. The van der Waals surface area contributed by atoms with Gasteiger partial charge in [0.05, 0.1) is 4.88 Å². The Hall–Kier alpha value is -1.40. The van der Waals surface area contributed by atoms with Crippen molar-refractivity contribution in [3.05, 3.63) is 41.0 Å². The van der Waals surface area contributed by atoms with Gasteiger partial charge in [0.25, 0.3) is 0 Å². The molecule has 19 heavy (non-hydrogen) atoms. The predicted octanol–water partition coefficient (Wildman–Crippen LogP) is 3.69. The van der Waals surface area contributed by atoms with Gasteiger partial charge in [0.2, 0.25) is 5.60 Å². The Labute approximate surface area is 112 Å². The Morgan fingerprint density at radius 1 is 1.37 bits per heavy atom. The number of alkyl halides is 3. The first-order chi connectivity index (χ1) is 8.72. The molecule has 0 bridgehead atoms. The molecule has 1 aromatic heterocycles. The molecule has 1 N–H and O–H groups in total. The zero-order chi connectivity index (χ0) is 14.3. The minimum absolute atomic E-state index is 0.361. The fourth-order valence-electron chi connectivity index (χ4n) is 1.49. The number of benzene rings is 1. The van der Waals surface area contributed by atoms with Crippen LogP contribution in [0, 0.1) is 13.0 Å². The molecule has 1 atom stereocenters. The van der Waals surface area contributed by atoms with Crippen molar-refractivity contribution in [1.82, 2.24) is 4.98 Å². The van der Waals surface area contributed by atoms with Crippen molar-refractivity contribution in [2.24, 2.45) is 0 Å². The van der Waals surface area contributed by atoms with Crippen LogP contribution in [0.25, 0.3) is 10.4 Å². The zero-order valence-electron chi connectivity index (χ0n) is 10.2. The number of nitrogens with zero attached hydrogens (tertiary/aromatic N) is 1. The van der Waals surface area contributed by atoms with Crippen LogP contribution >= 0.6 is 11.3 Å². The molecule has 0 saturated carbocycles. The van der Waals surface area contributed by atoms with E-state index in [1.165, 1.54) is 6.20 Å². The van der Waals surface area contributed by atoms with E-state index in [4.69, 9.17) is 0 Å². The number of hydrogen-bond donors (Lipinski definition) is 1. The highest BCUT2D eigenvalue weighted by atomic mass is 32.1. The SMILES string of the molecule is Cc1[c]ccc(-c2cnc(C(C)(O)C(F)(F)F)s2)c1. The van der Waals surface area contributed by atoms with E-state index in [2.05, 4.69) is 11.1 Å². The molecule has 2 nitrogen and oxygen atoms in total. The van der Waals surface area contributed by atoms with Crippen LogP contribution in [0.1, 0.15) is 17.5 Å². The lowest BCUT2D eigenvalue weighted by molar-refractivity contribution is -0.258. The lowest BCUT2D eigenvalue weighted by Gasteiger charge is -2.23. The van der Waals surface area contributed by atoms with Gasteiger partial charge in [-0.2, -0.15) is 13.2 Å². The summed E-state index contributed by atoms with van der Waals surface area (Å²) in [6.45, 7) is 2.55. The van der Waals surface area contributed by atoms with Gasteiger partial charge in [-0.3, -0.25) is 0 Å². The standard InChI is InChI=1S/C13H11F3NOS/c1-8-4-3-5-9(6-8)10-7-17-11(19-10)12(2,18)13(14,15)16/h3,5-7,18H,1-2H3. The van der Waals surface area contributed by atoms with Crippen LogP contribution in [0.4, 0.5) is 13.2 Å². The van der Waals surface area contributed by atoms with Crippen LogP contribution in [0.3, 0.4) is 0 Å². The second kappa shape index (κ2) is 4.61. The third-order valence-electron chi connectivity index (χ3n) is 2.70. The van der Waals surface area contributed by atoms with Crippen molar-refractivity contribution in [3.8, 4) is 10.4 Å². The Kier molecular flexibility index (Phi) is 3.40. The van der Waals surface area contributed by atoms with Crippen LogP contribution in [-0.2, 0) is 5.60 Å². The molecule has 6 heteroatoms. The van der Waals surface area contributed by atoms with Crippen molar-refractivity contribution in [2.75, 3.05) is 0 Å². The van der Waals surface area contributed by atoms with E-state index in [-0.39, 0.29) is 5.01 Å². The number of aryl methyl sites for hydroxylation is 1. The summed E-state index contributed by atoms with van der Waals surface area (Å²) in [5.41, 5.74) is -1.28. The molecule has 1 aromatic carbocycles. The van der Waals surface area contributed by atoms with Gasteiger partial charge in [0.15, 0.2) is 0 Å². The third-order valence-corrected chi connectivity index (χ3v) is 3.96. The second-order valence-electron chi connectivity index (χ2n) is 4.36. The number of halogens is 3. The van der Waals surface area contributed by atoms with Crippen LogP contribution in [0.5, 0.6) is 0 Å². The first-order valence-corrected chi connectivity index (χ1v) is 6.27. The highest BCUT2D eigenvalue weighted by Gasteiger charge is 2.53. The maximum atomic E-state index is 12.7. The summed E-state index contributed by atoms with van der Waals surface area (Å²) in [6.07, 6.45) is -3.41. The fourth-order valence-corrected chi connectivity index (χ4v) is 2.47. The molecule has 1 heterocycles. The van der Waals surface area contributed by atoms with Crippen molar-refractivity contribution in [1.29, 1.82) is 0 Å². The summed E-state index contributed by atoms with van der Waals surface area (Å²) in [5.74, 6) is 0. The van der Waals surface area contributed by atoms with E-state index < -0.39 is 11.8 Å². The molecule has 0 aliphatic rings. The monoisotopic (exact) mass is 286 g/mol. The molecule has 1 unspecified atom stereocenters. The van der Waals surface area contributed by atoms with Gasteiger partial charge in [-0.05, 0) is 37.1 Å². The normalized spacial score (nSPS) is 15.3. The average Bonchev–Trinajstić information content (AvgIpc) is 2.77. The number of hydrogen-bond acceptors (Lipinski definition) is 3. The third kappa shape index (κ3) is 2.64. The average molecular weight is 286 g/mol. The first kappa shape index (κ1) is 14.0. The van der Waals surface area contributed by atoms with Gasteiger partial charge in [-0.1, -0.05) is 12.1 Å². The number of aromatic nitrogens is 1. The van der Waals surface area contributed by atoms with Gasteiger partial charge >= 0.3 is 6.18 Å². The van der Waals surface area contributed by atoms with Gasteiger partial charge in [-0.25, -0.2) is 4.98 Å². The van der Waals surface area contributed by atoms with E-state index in [0.717, 1.165) is 22.5 Å². The molecular formula is C13H11F3NOS. The summed E-state index contributed by atoms with van der Waals surface area (Å²) in [6, 6.07) is 8.21. The molecule has 1 radical (unpaired) electrons. The summed E-state index contributed by atoms with van der Waals surface area (Å²) >= 11 is 0.833. The van der Waals surface area contributed by atoms with Crippen LogP contribution < -0.4 is 0 Å². The van der Waals surface area contributed by atoms with Crippen LogP contribution in [-0.4, -0.2) is 16.3 Å². The minimum Gasteiger partial charge on any atom is -0.375 e. The fraction of sp³-hybridized carbons (Fsp3) is 0.308. The van der Waals surface area contributed by atoms with Gasteiger partial charge < -0.3 is 5.11 Å². The van der Waals surface area contributed by atoms with E-state index in [1.54, 1.807) is 18.2 Å². The van der Waals surface area contributed by atoms with Gasteiger partial charge in [-0.15, -0.1) is 11.3 Å². The van der Waals surface area contributed by atoms with Crippen molar-refractivity contribution in [3.63, 3.8) is 0 Å². The quantitative estimate of drug-likeness (QED) is 0.913. The van der Waals surface area contributed by atoms with Gasteiger partial charge in [0, 0.05) is 6.20 Å².